The summed E-state index contributed by atoms with van der Waals surface area (Å²) < 4.78 is 11.2. The first-order valence-corrected chi connectivity index (χ1v) is 26.4. The maximum absolute atomic E-state index is 12.3. The van der Waals surface area contributed by atoms with E-state index in [1.807, 2.05) is 0 Å². The van der Waals surface area contributed by atoms with Gasteiger partial charge in [0.2, 0.25) is 0 Å². The Morgan fingerprint density at radius 2 is 0.724 bits per heavy atom. The van der Waals surface area contributed by atoms with E-state index in [9.17, 15) is 9.90 Å². The Bertz CT molecular complexity index is 822. The number of carbonyl (C=O) groups is 1. The SMILES string of the molecule is CCCCCCC/C=C\C/C=C\CCCCCCCCCCCCCC(=O)OC(CO)COCCCCCCCCCCCCCCCCCCCCCCCCC. The van der Waals surface area contributed by atoms with E-state index >= 15 is 0 Å². The van der Waals surface area contributed by atoms with Gasteiger partial charge in [0.1, 0.15) is 6.10 Å². The van der Waals surface area contributed by atoms with Gasteiger partial charge in [-0.05, 0) is 44.9 Å². The Morgan fingerprint density at radius 1 is 0.414 bits per heavy atom. The highest BCUT2D eigenvalue weighted by molar-refractivity contribution is 5.69. The van der Waals surface area contributed by atoms with Crippen molar-refractivity contribution in [1.82, 2.24) is 0 Å². The highest BCUT2D eigenvalue weighted by Gasteiger charge is 2.13. The zero-order valence-electron chi connectivity index (χ0n) is 39.6. The van der Waals surface area contributed by atoms with E-state index in [1.165, 1.54) is 244 Å². The van der Waals surface area contributed by atoms with Crippen LogP contribution >= 0.6 is 0 Å². The molecule has 0 aliphatic carbocycles. The molecule has 0 aliphatic heterocycles. The number of unbranched alkanes of at least 4 members (excludes halogenated alkanes) is 38. The summed E-state index contributed by atoms with van der Waals surface area (Å²) in [6, 6.07) is 0. The maximum atomic E-state index is 12.3. The lowest BCUT2D eigenvalue weighted by molar-refractivity contribution is -0.154. The second-order valence-electron chi connectivity index (χ2n) is 18.0. The Morgan fingerprint density at radius 3 is 1.07 bits per heavy atom. The standard InChI is InChI=1S/C54H104O4/c1-3-5-7-9-11-13-15-17-19-21-23-25-27-29-31-33-35-37-39-41-43-45-47-49-54(56)58-53(51-55)52-57-50-48-46-44-42-40-38-36-34-32-30-28-26-24-22-20-18-16-14-12-10-8-6-4-2/h15,17,21,23,53,55H,3-14,16,18-20,22,24-52H2,1-2H3/b17-15-,23-21-. The molecule has 0 rings (SSSR count). The van der Waals surface area contributed by atoms with Gasteiger partial charge in [0.15, 0.2) is 0 Å². The van der Waals surface area contributed by atoms with Crippen LogP contribution in [0.4, 0.5) is 0 Å². The zero-order chi connectivity index (χ0) is 41.9. The molecule has 0 saturated carbocycles. The van der Waals surface area contributed by atoms with E-state index in [0.717, 1.165) is 25.7 Å². The quantitative estimate of drug-likeness (QED) is 0.0377. The normalized spacial score (nSPS) is 12.4. The fourth-order valence-corrected chi connectivity index (χ4v) is 8.07. The van der Waals surface area contributed by atoms with E-state index in [-0.39, 0.29) is 12.6 Å². The molecule has 0 heterocycles. The second kappa shape index (κ2) is 52.0. The topological polar surface area (TPSA) is 55.8 Å². The van der Waals surface area contributed by atoms with Crippen molar-refractivity contribution in [2.24, 2.45) is 0 Å². The fraction of sp³-hybridized carbons (Fsp3) is 0.907. The van der Waals surface area contributed by atoms with Crippen molar-refractivity contribution in [3.8, 4) is 0 Å². The van der Waals surface area contributed by atoms with Crippen molar-refractivity contribution in [3.63, 3.8) is 0 Å². The minimum atomic E-state index is -0.532. The lowest BCUT2D eigenvalue weighted by Gasteiger charge is -2.16. The summed E-state index contributed by atoms with van der Waals surface area (Å²) in [5, 5.41) is 9.66. The van der Waals surface area contributed by atoms with Gasteiger partial charge < -0.3 is 14.6 Å². The number of hydrogen-bond acceptors (Lipinski definition) is 4. The maximum Gasteiger partial charge on any atom is 0.306 e. The van der Waals surface area contributed by atoms with Crippen molar-refractivity contribution in [3.05, 3.63) is 24.3 Å². The molecule has 0 saturated heterocycles. The molecule has 0 radical (unpaired) electrons. The lowest BCUT2D eigenvalue weighted by atomic mass is 10.0. The summed E-state index contributed by atoms with van der Waals surface area (Å²) >= 11 is 0. The Hall–Kier alpha value is -1.13. The van der Waals surface area contributed by atoms with Crippen LogP contribution in [0.15, 0.2) is 24.3 Å². The first-order chi connectivity index (χ1) is 28.7. The molecular formula is C54H104O4. The molecule has 1 N–H and O–H groups in total. The molecule has 344 valence electrons. The van der Waals surface area contributed by atoms with Crippen LogP contribution in [0.3, 0.4) is 0 Å². The van der Waals surface area contributed by atoms with Gasteiger partial charge in [0, 0.05) is 13.0 Å². The van der Waals surface area contributed by atoms with Crippen molar-refractivity contribution >= 4 is 5.97 Å². The zero-order valence-corrected chi connectivity index (χ0v) is 39.6. The van der Waals surface area contributed by atoms with Crippen molar-refractivity contribution in [1.29, 1.82) is 0 Å². The first-order valence-electron chi connectivity index (χ1n) is 26.4. The van der Waals surface area contributed by atoms with E-state index < -0.39 is 6.10 Å². The van der Waals surface area contributed by atoms with Gasteiger partial charge >= 0.3 is 5.97 Å². The summed E-state index contributed by atoms with van der Waals surface area (Å²) in [4.78, 5) is 12.3. The monoisotopic (exact) mass is 817 g/mol. The van der Waals surface area contributed by atoms with Crippen molar-refractivity contribution < 1.29 is 19.4 Å². The van der Waals surface area contributed by atoms with Crippen LogP contribution < -0.4 is 0 Å². The molecule has 0 aromatic carbocycles. The first kappa shape index (κ1) is 56.9. The third-order valence-electron chi connectivity index (χ3n) is 12.0. The summed E-state index contributed by atoms with van der Waals surface area (Å²) in [5.74, 6) is -0.196. The van der Waals surface area contributed by atoms with Crippen LogP contribution in [0.1, 0.15) is 290 Å². The Balaban J connectivity index is 3.36. The number of rotatable bonds is 50. The van der Waals surface area contributed by atoms with Gasteiger partial charge in [0.25, 0.3) is 0 Å². The number of aliphatic hydroxyl groups is 1. The Kier molecular flexibility index (Phi) is 51.0. The minimum absolute atomic E-state index is 0.167. The van der Waals surface area contributed by atoms with E-state index in [0.29, 0.717) is 19.6 Å². The number of ether oxygens (including phenoxy) is 2. The molecule has 1 atom stereocenters. The van der Waals surface area contributed by atoms with Gasteiger partial charge in [-0.2, -0.15) is 0 Å². The van der Waals surface area contributed by atoms with Crippen LogP contribution in [0.25, 0.3) is 0 Å². The molecular weight excluding hydrogens is 713 g/mol. The largest absolute Gasteiger partial charge is 0.457 e. The van der Waals surface area contributed by atoms with E-state index in [2.05, 4.69) is 38.2 Å². The summed E-state index contributed by atoms with van der Waals surface area (Å²) in [6.07, 6.45) is 65.6. The van der Waals surface area contributed by atoms with Crippen LogP contribution in [-0.4, -0.2) is 37.0 Å². The predicted octanol–water partition coefficient (Wildman–Crippen LogP) is 17.8. The average molecular weight is 817 g/mol. The Labute approximate surface area is 364 Å². The van der Waals surface area contributed by atoms with Crippen molar-refractivity contribution in [2.45, 2.75) is 296 Å². The summed E-state index contributed by atoms with van der Waals surface area (Å²) in [7, 11) is 0. The molecule has 0 aromatic rings. The number of allylic oxidation sites excluding steroid dienone is 4. The summed E-state index contributed by atoms with van der Waals surface area (Å²) in [5.41, 5.74) is 0. The number of esters is 1. The average Bonchev–Trinajstić information content (AvgIpc) is 3.23. The van der Waals surface area contributed by atoms with Gasteiger partial charge in [-0.25, -0.2) is 0 Å². The van der Waals surface area contributed by atoms with Crippen LogP contribution in [-0.2, 0) is 14.3 Å². The van der Waals surface area contributed by atoms with Gasteiger partial charge in [-0.3, -0.25) is 4.79 Å². The highest BCUT2D eigenvalue weighted by Crippen LogP contribution is 2.17. The molecule has 0 fully saturated rings. The molecule has 4 nitrogen and oxygen atoms in total. The highest BCUT2D eigenvalue weighted by atomic mass is 16.6. The molecule has 1 unspecified atom stereocenters. The van der Waals surface area contributed by atoms with E-state index in [4.69, 9.17) is 9.47 Å². The van der Waals surface area contributed by atoms with E-state index in [1.54, 1.807) is 0 Å². The smallest absolute Gasteiger partial charge is 0.306 e. The second-order valence-corrected chi connectivity index (χ2v) is 18.0. The lowest BCUT2D eigenvalue weighted by Crippen LogP contribution is -2.27. The van der Waals surface area contributed by atoms with Gasteiger partial charge in [-0.15, -0.1) is 0 Å². The molecule has 0 aliphatic rings. The third-order valence-corrected chi connectivity index (χ3v) is 12.0. The fourth-order valence-electron chi connectivity index (χ4n) is 8.07. The molecule has 0 spiro atoms. The van der Waals surface area contributed by atoms with Gasteiger partial charge in [-0.1, -0.05) is 263 Å². The molecule has 4 heteroatoms. The van der Waals surface area contributed by atoms with Crippen molar-refractivity contribution in [2.75, 3.05) is 19.8 Å². The third kappa shape index (κ3) is 49.2. The van der Waals surface area contributed by atoms with Crippen LogP contribution in [0, 0.1) is 0 Å². The molecule has 58 heavy (non-hydrogen) atoms. The molecule has 0 aromatic heterocycles. The summed E-state index contributed by atoms with van der Waals surface area (Å²) in [6.45, 7) is 5.39. The molecule has 0 amide bonds. The van der Waals surface area contributed by atoms with Crippen LogP contribution in [0.5, 0.6) is 0 Å². The number of aliphatic hydroxyl groups excluding tert-OH is 1. The molecule has 0 bridgehead atoms. The predicted molar refractivity (Wildman–Crippen MR) is 256 cm³/mol. The van der Waals surface area contributed by atoms with Gasteiger partial charge in [0.05, 0.1) is 13.2 Å². The number of hydrogen-bond donors (Lipinski definition) is 1. The number of carbonyl (C=O) groups excluding carboxylic acids is 1. The minimum Gasteiger partial charge on any atom is -0.457 e. The van der Waals surface area contributed by atoms with Crippen LogP contribution in [0.2, 0.25) is 0 Å².